The molecule has 1 aromatic carbocycles. The molecule has 4 rings (SSSR count). The van der Waals surface area contributed by atoms with Gasteiger partial charge in [0.15, 0.2) is 5.96 Å². The summed E-state index contributed by atoms with van der Waals surface area (Å²) in [7, 11) is 0. The summed E-state index contributed by atoms with van der Waals surface area (Å²) in [6.45, 7) is 4.68. The molecule has 2 aromatic heterocycles. The molecule has 10 N–H and O–H groups in total. The molecule has 0 spiro atoms. The van der Waals surface area contributed by atoms with Gasteiger partial charge in [0.05, 0.1) is 64.1 Å². The van der Waals surface area contributed by atoms with Gasteiger partial charge in [0.25, 0.3) is 0 Å². The number of nitrogens with zero attached hydrogens (tertiary/aromatic N) is 7. The molecule has 2 bridgehead atoms. The molecule has 5 amide bonds. The van der Waals surface area contributed by atoms with Crippen LogP contribution in [0.3, 0.4) is 0 Å². The highest BCUT2D eigenvalue weighted by atomic mass is 19.1. The van der Waals surface area contributed by atoms with Crippen molar-refractivity contribution in [1.82, 2.24) is 61.9 Å². The van der Waals surface area contributed by atoms with E-state index in [0.717, 1.165) is 11.3 Å². The van der Waals surface area contributed by atoms with Gasteiger partial charge in [-0.3, -0.25) is 33.4 Å². The lowest BCUT2D eigenvalue weighted by Crippen LogP contribution is -2.51. The number of hydrogen-bond acceptors (Lipinski definition) is 13. The second-order valence-electron chi connectivity index (χ2n) is 14.3. The molecular weight excluding hydrogens is 810 g/mol. The van der Waals surface area contributed by atoms with Gasteiger partial charge in [0, 0.05) is 31.5 Å². The monoisotopic (exact) mass is 867 g/mol. The van der Waals surface area contributed by atoms with E-state index in [4.69, 9.17) is 20.9 Å². The zero-order valence-electron chi connectivity index (χ0n) is 34.7. The average molecular weight is 868 g/mol. The van der Waals surface area contributed by atoms with Crippen LogP contribution in [0, 0.1) is 0 Å². The van der Waals surface area contributed by atoms with Gasteiger partial charge < -0.3 is 52.8 Å². The molecule has 0 aliphatic carbocycles. The first-order chi connectivity index (χ1) is 30.0. The number of guanidine groups is 1. The fourth-order valence-electron chi connectivity index (χ4n) is 6.17. The predicted octanol–water partition coefficient (Wildman–Crippen LogP) is -1.77. The fraction of sp³-hybridized carbons (Fsp3) is 0.538. The number of rotatable bonds is 24. The number of aliphatic imine (C=N–C) groups is 1. The highest BCUT2D eigenvalue weighted by Gasteiger charge is 2.29. The Morgan fingerprint density at radius 2 is 1.66 bits per heavy atom. The molecule has 22 nitrogen and oxygen atoms in total. The first-order valence-corrected chi connectivity index (χ1v) is 20.4. The molecule has 62 heavy (non-hydrogen) atoms. The standard InChI is InChI=1S/C39H58FN15O7/c1-27(23-54-24-29(50-52-54)10-5-13-40)43-16-17-61-18-19-62-26-36(58)44-14-7-12-33-38(60)49-30(11-6-15-45-39(41)42)37(59)47-21-34(56)46-22-35(57)48-31(32-25-55(33)53-51-32)20-28-8-3-2-4-9-28/h2-4,8-9,24-25,30-31,33,43H,1,5-7,10-23,26H2,(H,44,58)(H,46,56)(H,47,59)(H,48,57)(H,49,60)(H4,41,42,45)/t30-,31-,33?/m0/s1. The molecule has 3 aromatic rings. The SMILES string of the molecule is C=C(Cn1cc(CCCF)nn1)NCCOCCOCC(=O)NCCCC1C(=O)N[C@@H](CCCN=C(N)N)C(=O)NCC(=O)NCC(=O)N[C@@H](Cc2ccccc2)c2cn1nn2. The number of carbonyl (C=O) groups excluding carboxylic acids is 5. The van der Waals surface area contributed by atoms with Gasteiger partial charge in [-0.15, -0.1) is 10.2 Å². The fourth-order valence-corrected chi connectivity index (χ4v) is 6.17. The Bertz CT molecular complexity index is 1920. The Kier molecular flexibility index (Phi) is 20.7. The number of amides is 5. The number of fused-ring (bicyclic) bond motifs is 2. The van der Waals surface area contributed by atoms with E-state index < -0.39 is 55.0 Å². The van der Waals surface area contributed by atoms with E-state index in [9.17, 15) is 28.4 Å². The van der Waals surface area contributed by atoms with Crippen molar-refractivity contribution in [3.8, 4) is 0 Å². The van der Waals surface area contributed by atoms with Crippen LogP contribution < -0.4 is 43.4 Å². The lowest BCUT2D eigenvalue weighted by Gasteiger charge is -2.23. The van der Waals surface area contributed by atoms with Crippen molar-refractivity contribution >= 4 is 35.5 Å². The first kappa shape index (κ1) is 48.2. The number of allylic oxidation sites excluding steroid dienone is 1. The molecule has 0 saturated heterocycles. The van der Waals surface area contributed by atoms with Gasteiger partial charge in [0.1, 0.15) is 24.4 Å². The van der Waals surface area contributed by atoms with Gasteiger partial charge in [0.2, 0.25) is 29.5 Å². The topological polar surface area (TPSA) is 302 Å². The van der Waals surface area contributed by atoms with E-state index in [1.807, 2.05) is 30.3 Å². The highest BCUT2D eigenvalue weighted by Crippen LogP contribution is 2.20. The van der Waals surface area contributed by atoms with E-state index in [1.54, 1.807) is 17.1 Å². The van der Waals surface area contributed by atoms with Gasteiger partial charge in [-0.25, -0.2) is 9.36 Å². The first-order valence-electron chi connectivity index (χ1n) is 20.4. The largest absolute Gasteiger partial charge is 0.385 e. The lowest BCUT2D eigenvalue weighted by molar-refractivity contribution is -0.132. The Hall–Kier alpha value is -6.49. The molecule has 1 aliphatic heterocycles. The van der Waals surface area contributed by atoms with Crippen molar-refractivity contribution in [2.45, 2.75) is 69.6 Å². The van der Waals surface area contributed by atoms with Crippen LogP contribution in [-0.2, 0) is 52.8 Å². The summed E-state index contributed by atoms with van der Waals surface area (Å²) in [6, 6.07) is 6.67. The molecule has 0 fully saturated rings. The van der Waals surface area contributed by atoms with E-state index >= 15 is 0 Å². The predicted molar refractivity (Wildman–Crippen MR) is 223 cm³/mol. The van der Waals surface area contributed by atoms with Crippen LogP contribution in [-0.4, -0.2) is 137 Å². The van der Waals surface area contributed by atoms with E-state index in [2.05, 4.69) is 64.1 Å². The molecule has 3 heterocycles. The van der Waals surface area contributed by atoms with Crippen LogP contribution in [0.5, 0.6) is 0 Å². The number of halogens is 1. The van der Waals surface area contributed by atoms with E-state index in [-0.39, 0.29) is 64.2 Å². The minimum atomic E-state index is -1.08. The summed E-state index contributed by atoms with van der Waals surface area (Å²) in [5.74, 6) is -2.78. The quantitative estimate of drug-likeness (QED) is 0.0281. The van der Waals surface area contributed by atoms with Crippen molar-refractivity contribution in [1.29, 1.82) is 0 Å². The third kappa shape index (κ3) is 18.0. The average Bonchev–Trinajstić information content (AvgIpc) is 3.93. The van der Waals surface area contributed by atoms with Crippen LogP contribution in [0.4, 0.5) is 4.39 Å². The lowest BCUT2D eigenvalue weighted by atomic mass is 10.0. The van der Waals surface area contributed by atoms with Crippen molar-refractivity contribution in [2.24, 2.45) is 16.5 Å². The number of hydrogen-bond donors (Lipinski definition) is 8. The number of aryl methyl sites for hydroxylation is 1. The molecule has 0 radical (unpaired) electrons. The minimum absolute atomic E-state index is 0.121. The molecule has 3 atom stereocenters. The number of alkyl halides is 1. The van der Waals surface area contributed by atoms with Crippen LogP contribution in [0.15, 0.2) is 60.0 Å². The maximum absolute atomic E-state index is 14.0. The number of nitrogens with two attached hydrogens (primary N) is 2. The van der Waals surface area contributed by atoms with Crippen LogP contribution >= 0.6 is 0 Å². The number of nitrogens with one attached hydrogen (secondary N) is 6. The van der Waals surface area contributed by atoms with Crippen molar-refractivity contribution in [3.63, 3.8) is 0 Å². The number of benzene rings is 1. The summed E-state index contributed by atoms with van der Waals surface area (Å²) in [4.78, 5) is 69.3. The molecule has 0 saturated carbocycles. The summed E-state index contributed by atoms with van der Waals surface area (Å²) in [6.07, 6.45) is 5.56. The smallest absolute Gasteiger partial charge is 0.245 e. The molecule has 1 unspecified atom stereocenters. The van der Waals surface area contributed by atoms with Gasteiger partial charge in [-0.05, 0) is 50.5 Å². The second kappa shape index (κ2) is 26.7. The summed E-state index contributed by atoms with van der Waals surface area (Å²) in [5, 5.41) is 33.2. The normalized spacial score (nSPS) is 17.3. The van der Waals surface area contributed by atoms with Gasteiger partial charge >= 0.3 is 0 Å². The number of carbonyl (C=O) groups is 5. The van der Waals surface area contributed by atoms with E-state index in [1.165, 1.54) is 4.68 Å². The van der Waals surface area contributed by atoms with Crippen LogP contribution in [0.25, 0.3) is 0 Å². The summed E-state index contributed by atoms with van der Waals surface area (Å²) in [5.41, 5.74) is 13.6. The Labute approximate surface area is 358 Å². The number of ether oxygens (including phenoxy) is 2. The summed E-state index contributed by atoms with van der Waals surface area (Å²) < 4.78 is 26.4. The van der Waals surface area contributed by atoms with Crippen LogP contribution in [0.1, 0.15) is 61.1 Å². The number of aromatic nitrogens is 6. The van der Waals surface area contributed by atoms with Crippen molar-refractivity contribution < 1.29 is 37.8 Å². The maximum atomic E-state index is 14.0. The highest BCUT2D eigenvalue weighted by molar-refractivity contribution is 5.92. The second-order valence-corrected chi connectivity index (χ2v) is 14.3. The van der Waals surface area contributed by atoms with E-state index in [0.29, 0.717) is 63.2 Å². The van der Waals surface area contributed by atoms with Gasteiger partial charge in [-0.1, -0.05) is 47.3 Å². The Balaban J connectivity index is 1.29. The van der Waals surface area contributed by atoms with Crippen LogP contribution in [0.2, 0.25) is 0 Å². The maximum Gasteiger partial charge on any atom is 0.245 e. The molecule has 338 valence electrons. The molecular formula is C39H58FN15O7. The third-order valence-electron chi connectivity index (χ3n) is 9.28. The molecule has 23 heteroatoms. The van der Waals surface area contributed by atoms with Crippen molar-refractivity contribution in [3.05, 3.63) is 72.0 Å². The minimum Gasteiger partial charge on any atom is -0.385 e. The zero-order valence-corrected chi connectivity index (χ0v) is 34.7. The third-order valence-corrected chi connectivity index (χ3v) is 9.28. The van der Waals surface area contributed by atoms with Crippen molar-refractivity contribution in [2.75, 3.05) is 65.8 Å². The molecule has 1 aliphatic rings. The summed E-state index contributed by atoms with van der Waals surface area (Å²) >= 11 is 0. The Morgan fingerprint density at radius 3 is 2.45 bits per heavy atom. The van der Waals surface area contributed by atoms with Gasteiger partial charge in [-0.2, -0.15) is 0 Å². The Morgan fingerprint density at radius 1 is 0.871 bits per heavy atom. The zero-order chi connectivity index (χ0) is 44.5.